The second-order valence-corrected chi connectivity index (χ2v) is 4.07. The van der Waals surface area contributed by atoms with Crippen molar-refractivity contribution in [3.05, 3.63) is 28.8 Å². The number of hydrogen-bond donors (Lipinski definition) is 1. The molecule has 2 N–H and O–H groups in total. The fourth-order valence-corrected chi connectivity index (χ4v) is 1.75. The molecule has 0 amide bonds. The van der Waals surface area contributed by atoms with Gasteiger partial charge in [0.1, 0.15) is 5.75 Å². The number of hydrogen-bond acceptors (Lipinski definition) is 2. The van der Waals surface area contributed by atoms with Crippen molar-refractivity contribution in [3.63, 3.8) is 0 Å². The Morgan fingerprint density at radius 2 is 1.87 bits per heavy atom. The Labute approximate surface area is 92.4 Å². The molecule has 0 aromatic heterocycles. The van der Waals surface area contributed by atoms with E-state index in [2.05, 4.69) is 32.9 Å². The van der Waals surface area contributed by atoms with Crippen molar-refractivity contribution < 1.29 is 4.74 Å². The second-order valence-electron chi connectivity index (χ2n) is 4.07. The maximum absolute atomic E-state index is 6.12. The molecule has 0 saturated heterocycles. The third-order valence-corrected chi connectivity index (χ3v) is 2.85. The SMILES string of the molecule is CCCC(N)c1cc(C)c(C)cc1OC. The van der Waals surface area contributed by atoms with Gasteiger partial charge in [-0.05, 0) is 37.5 Å². The highest BCUT2D eigenvalue weighted by molar-refractivity contribution is 5.43. The summed E-state index contributed by atoms with van der Waals surface area (Å²) in [5.41, 5.74) is 9.77. The molecule has 1 aromatic carbocycles. The lowest BCUT2D eigenvalue weighted by Crippen LogP contribution is -2.11. The van der Waals surface area contributed by atoms with Crippen molar-refractivity contribution in [2.75, 3.05) is 7.11 Å². The van der Waals surface area contributed by atoms with Crippen LogP contribution in [0.5, 0.6) is 5.75 Å². The number of methoxy groups -OCH3 is 1. The van der Waals surface area contributed by atoms with Crippen LogP contribution < -0.4 is 10.5 Å². The molecule has 84 valence electrons. The predicted molar refractivity (Wildman–Crippen MR) is 64.3 cm³/mol. The van der Waals surface area contributed by atoms with Gasteiger partial charge in [-0.1, -0.05) is 19.4 Å². The maximum atomic E-state index is 6.12. The first-order valence-electron chi connectivity index (χ1n) is 5.50. The van der Waals surface area contributed by atoms with E-state index in [1.54, 1.807) is 7.11 Å². The monoisotopic (exact) mass is 207 g/mol. The highest BCUT2D eigenvalue weighted by atomic mass is 16.5. The van der Waals surface area contributed by atoms with Crippen LogP contribution in [0.2, 0.25) is 0 Å². The molecule has 1 atom stereocenters. The van der Waals surface area contributed by atoms with Crippen molar-refractivity contribution in [2.45, 2.75) is 39.7 Å². The Morgan fingerprint density at radius 1 is 1.27 bits per heavy atom. The van der Waals surface area contributed by atoms with Gasteiger partial charge < -0.3 is 10.5 Å². The van der Waals surface area contributed by atoms with Crippen LogP contribution in [0.15, 0.2) is 12.1 Å². The molecule has 0 saturated carbocycles. The predicted octanol–water partition coefficient (Wildman–Crippen LogP) is 3.11. The molecule has 0 aliphatic heterocycles. The Bertz CT molecular complexity index is 334. The second kappa shape index (κ2) is 5.17. The molecule has 1 rings (SSSR count). The van der Waals surface area contributed by atoms with E-state index in [0.717, 1.165) is 24.2 Å². The average molecular weight is 207 g/mol. The van der Waals surface area contributed by atoms with E-state index in [9.17, 15) is 0 Å². The van der Waals surface area contributed by atoms with E-state index in [4.69, 9.17) is 10.5 Å². The molecule has 0 radical (unpaired) electrons. The van der Waals surface area contributed by atoms with E-state index in [-0.39, 0.29) is 6.04 Å². The molecule has 0 fully saturated rings. The van der Waals surface area contributed by atoms with Crippen LogP contribution in [-0.2, 0) is 0 Å². The first kappa shape index (κ1) is 12.1. The first-order valence-corrected chi connectivity index (χ1v) is 5.50. The largest absolute Gasteiger partial charge is 0.496 e. The van der Waals surface area contributed by atoms with Crippen molar-refractivity contribution in [2.24, 2.45) is 5.73 Å². The van der Waals surface area contributed by atoms with Gasteiger partial charge in [-0.15, -0.1) is 0 Å². The molecular weight excluding hydrogens is 186 g/mol. The molecule has 0 bridgehead atoms. The van der Waals surface area contributed by atoms with Crippen molar-refractivity contribution in [1.82, 2.24) is 0 Å². The lowest BCUT2D eigenvalue weighted by Gasteiger charge is -2.17. The van der Waals surface area contributed by atoms with Crippen LogP contribution in [0, 0.1) is 13.8 Å². The van der Waals surface area contributed by atoms with Crippen LogP contribution in [0.4, 0.5) is 0 Å². The minimum Gasteiger partial charge on any atom is -0.496 e. The van der Waals surface area contributed by atoms with E-state index in [0.29, 0.717) is 0 Å². The van der Waals surface area contributed by atoms with Gasteiger partial charge in [-0.2, -0.15) is 0 Å². The number of aryl methyl sites for hydroxylation is 2. The molecular formula is C13H21NO. The summed E-state index contributed by atoms with van der Waals surface area (Å²) in [7, 11) is 1.70. The first-order chi connectivity index (χ1) is 7.10. The number of benzene rings is 1. The third kappa shape index (κ3) is 2.72. The fraction of sp³-hybridized carbons (Fsp3) is 0.538. The number of ether oxygens (including phenoxy) is 1. The quantitative estimate of drug-likeness (QED) is 0.823. The van der Waals surface area contributed by atoms with Gasteiger partial charge in [0.05, 0.1) is 7.11 Å². The summed E-state index contributed by atoms with van der Waals surface area (Å²) < 4.78 is 5.37. The topological polar surface area (TPSA) is 35.2 Å². The highest BCUT2D eigenvalue weighted by Gasteiger charge is 2.12. The van der Waals surface area contributed by atoms with Crippen molar-refractivity contribution >= 4 is 0 Å². The Kier molecular flexibility index (Phi) is 4.15. The van der Waals surface area contributed by atoms with E-state index >= 15 is 0 Å². The Hall–Kier alpha value is -1.02. The van der Waals surface area contributed by atoms with E-state index in [1.165, 1.54) is 11.1 Å². The number of nitrogens with two attached hydrogens (primary N) is 1. The van der Waals surface area contributed by atoms with Crippen molar-refractivity contribution in [3.8, 4) is 5.75 Å². The van der Waals surface area contributed by atoms with Gasteiger partial charge in [0.2, 0.25) is 0 Å². The molecule has 2 heteroatoms. The summed E-state index contributed by atoms with van der Waals surface area (Å²) >= 11 is 0. The summed E-state index contributed by atoms with van der Waals surface area (Å²) in [6.45, 7) is 6.34. The summed E-state index contributed by atoms with van der Waals surface area (Å²) in [6.07, 6.45) is 2.09. The van der Waals surface area contributed by atoms with Gasteiger partial charge in [0.25, 0.3) is 0 Å². The Balaban J connectivity index is 3.09. The molecule has 0 spiro atoms. The van der Waals surface area contributed by atoms with Gasteiger partial charge in [-0.3, -0.25) is 0 Å². The maximum Gasteiger partial charge on any atom is 0.123 e. The molecule has 0 aliphatic rings. The minimum atomic E-state index is 0.0873. The fourth-order valence-electron chi connectivity index (χ4n) is 1.75. The van der Waals surface area contributed by atoms with Gasteiger partial charge in [-0.25, -0.2) is 0 Å². The molecule has 0 heterocycles. The third-order valence-electron chi connectivity index (χ3n) is 2.85. The zero-order chi connectivity index (χ0) is 11.4. The standard InChI is InChI=1S/C13H21NO/c1-5-6-12(14)11-7-9(2)10(3)8-13(11)15-4/h7-8,12H,5-6,14H2,1-4H3. The number of rotatable bonds is 4. The van der Waals surface area contributed by atoms with Crippen LogP contribution >= 0.6 is 0 Å². The van der Waals surface area contributed by atoms with Crippen LogP contribution in [0.25, 0.3) is 0 Å². The summed E-state index contributed by atoms with van der Waals surface area (Å²) in [5, 5.41) is 0. The molecule has 15 heavy (non-hydrogen) atoms. The zero-order valence-electron chi connectivity index (χ0n) is 10.1. The Morgan fingerprint density at radius 3 is 2.40 bits per heavy atom. The lowest BCUT2D eigenvalue weighted by atomic mass is 9.97. The van der Waals surface area contributed by atoms with Crippen LogP contribution in [0.1, 0.15) is 42.5 Å². The smallest absolute Gasteiger partial charge is 0.123 e. The normalized spacial score (nSPS) is 12.6. The molecule has 2 nitrogen and oxygen atoms in total. The van der Waals surface area contributed by atoms with Gasteiger partial charge in [0.15, 0.2) is 0 Å². The average Bonchev–Trinajstić information content (AvgIpc) is 2.21. The summed E-state index contributed by atoms with van der Waals surface area (Å²) in [4.78, 5) is 0. The van der Waals surface area contributed by atoms with Gasteiger partial charge in [0, 0.05) is 11.6 Å². The molecule has 1 unspecified atom stereocenters. The van der Waals surface area contributed by atoms with E-state index < -0.39 is 0 Å². The van der Waals surface area contributed by atoms with Crippen molar-refractivity contribution in [1.29, 1.82) is 0 Å². The van der Waals surface area contributed by atoms with Crippen LogP contribution in [0.3, 0.4) is 0 Å². The highest BCUT2D eigenvalue weighted by Crippen LogP contribution is 2.29. The lowest BCUT2D eigenvalue weighted by molar-refractivity contribution is 0.403. The summed E-state index contributed by atoms with van der Waals surface area (Å²) in [6, 6.07) is 4.30. The summed E-state index contributed by atoms with van der Waals surface area (Å²) in [5.74, 6) is 0.916. The molecule has 1 aromatic rings. The zero-order valence-corrected chi connectivity index (χ0v) is 10.1. The van der Waals surface area contributed by atoms with Gasteiger partial charge >= 0.3 is 0 Å². The molecule has 0 aliphatic carbocycles. The minimum absolute atomic E-state index is 0.0873. The van der Waals surface area contributed by atoms with E-state index in [1.807, 2.05) is 0 Å². The van der Waals surface area contributed by atoms with Crippen LogP contribution in [-0.4, -0.2) is 7.11 Å².